The van der Waals surface area contributed by atoms with E-state index in [0.29, 0.717) is 11.9 Å². The summed E-state index contributed by atoms with van der Waals surface area (Å²) in [4.78, 5) is 9.48. The van der Waals surface area contributed by atoms with Crippen molar-refractivity contribution >= 4 is 22.4 Å². The zero-order valence-electron chi connectivity index (χ0n) is 19.7. The van der Waals surface area contributed by atoms with Crippen molar-refractivity contribution in [3.63, 3.8) is 0 Å². The standard InChI is InChI=1S/C25H33FN6/c1-16-19(14-26)7-6-8-22(16)17(2)28-25-23-13-21(15-27-24(23)18(3)29-30-25)32-11-9-20(10-12-32)31(4)5/h6-8,13,15,17,20H,9-12,14H2,1-5H3,(H,28,30)/t17-/m1/s1. The maximum absolute atomic E-state index is 13.3. The summed E-state index contributed by atoms with van der Waals surface area (Å²) in [6.45, 7) is 7.55. The van der Waals surface area contributed by atoms with Crippen LogP contribution >= 0.6 is 0 Å². The maximum Gasteiger partial charge on any atom is 0.158 e. The molecule has 0 amide bonds. The van der Waals surface area contributed by atoms with Crippen LogP contribution in [-0.4, -0.2) is 53.3 Å². The van der Waals surface area contributed by atoms with Gasteiger partial charge < -0.3 is 15.1 Å². The Morgan fingerprint density at radius 3 is 2.62 bits per heavy atom. The fraction of sp³-hybridized carbons (Fsp3) is 0.480. The fourth-order valence-corrected chi connectivity index (χ4v) is 4.67. The number of nitrogens with one attached hydrogen (secondary N) is 1. The Kier molecular flexibility index (Phi) is 6.55. The Labute approximate surface area is 189 Å². The molecule has 1 aromatic carbocycles. The molecule has 1 N–H and O–H groups in total. The molecule has 0 unspecified atom stereocenters. The molecule has 4 rings (SSSR count). The van der Waals surface area contributed by atoms with Gasteiger partial charge in [-0.05, 0) is 70.5 Å². The van der Waals surface area contributed by atoms with Crippen LogP contribution < -0.4 is 10.2 Å². The summed E-state index contributed by atoms with van der Waals surface area (Å²) in [7, 11) is 4.31. The number of pyridine rings is 1. The molecule has 1 aliphatic rings. The van der Waals surface area contributed by atoms with E-state index < -0.39 is 6.67 Å². The third-order valence-corrected chi connectivity index (χ3v) is 6.78. The minimum Gasteiger partial charge on any atom is -0.370 e. The highest BCUT2D eigenvalue weighted by Crippen LogP contribution is 2.31. The van der Waals surface area contributed by atoms with Crippen molar-refractivity contribution in [3.8, 4) is 0 Å². The molecule has 6 nitrogen and oxygen atoms in total. The molecule has 7 heteroatoms. The van der Waals surface area contributed by atoms with Crippen molar-refractivity contribution in [3.05, 3.63) is 52.8 Å². The largest absolute Gasteiger partial charge is 0.370 e. The van der Waals surface area contributed by atoms with Gasteiger partial charge in [-0.25, -0.2) is 4.39 Å². The number of aromatic nitrogens is 3. The third-order valence-electron chi connectivity index (χ3n) is 6.78. The average Bonchev–Trinajstić information content (AvgIpc) is 2.81. The first kappa shape index (κ1) is 22.4. The Morgan fingerprint density at radius 1 is 1.19 bits per heavy atom. The smallest absolute Gasteiger partial charge is 0.158 e. The minimum absolute atomic E-state index is 0.0406. The summed E-state index contributed by atoms with van der Waals surface area (Å²) >= 11 is 0. The van der Waals surface area contributed by atoms with E-state index in [2.05, 4.69) is 52.4 Å². The van der Waals surface area contributed by atoms with Gasteiger partial charge in [0.1, 0.15) is 6.67 Å². The van der Waals surface area contributed by atoms with Gasteiger partial charge in [-0.2, -0.15) is 5.10 Å². The normalized spacial score (nSPS) is 16.0. The van der Waals surface area contributed by atoms with Gasteiger partial charge in [-0.3, -0.25) is 4.98 Å². The van der Waals surface area contributed by atoms with Crippen LogP contribution in [0.15, 0.2) is 30.5 Å². The molecule has 2 aromatic heterocycles. The highest BCUT2D eigenvalue weighted by Gasteiger charge is 2.22. The van der Waals surface area contributed by atoms with Gasteiger partial charge >= 0.3 is 0 Å². The Balaban J connectivity index is 1.64. The molecule has 0 spiro atoms. The molecule has 0 radical (unpaired) electrons. The van der Waals surface area contributed by atoms with E-state index in [1.807, 2.05) is 38.2 Å². The summed E-state index contributed by atoms with van der Waals surface area (Å²) in [6, 6.07) is 8.55. The number of nitrogens with zero attached hydrogens (tertiary/aromatic N) is 5. The van der Waals surface area contributed by atoms with Crippen LogP contribution in [0, 0.1) is 13.8 Å². The second-order valence-corrected chi connectivity index (χ2v) is 9.04. The van der Waals surface area contributed by atoms with Crippen LogP contribution in [0.3, 0.4) is 0 Å². The zero-order chi connectivity index (χ0) is 22.8. The molecule has 0 bridgehead atoms. The average molecular weight is 437 g/mol. The van der Waals surface area contributed by atoms with E-state index in [4.69, 9.17) is 4.98 Å². The van der Waals surface area contributed by atoms with Gasteiger partial charge in [0.25, 0.3) is 0 Å². The van der Waals surface area contributed by atoms with Crippen LogP contribution in [0.1, 0.15) is 48.2 Å². The highest BCUT2D eigenvalue weighted by atomic mass is 19.1. The molecule has 0 saturated carbocycles. The molecule has 170 valence electrons. The number of fused-ring (bicyclic) bond motifs is 1. The van der Waals surface area contributed by atoms with E-state index in [1.165, 1.54) is 0 Å². The molecule has 0 aliphatic carbocycles. The van der Waals surface area contributed by atoms with Crippen molar-refractivity contribution in [1.82, 2.24) is 20.1 Å². The van der Waals surface area contributed by atoms with Gasteiger partial charge in [0.2, 0.25) is 0 Å². The summed E-state index contributed by atoms with van der Waals surface area (Å²) in [5.74, 6) is 0.709. The predicted octanol–water partition coefficient (Wildman–Crippen LogP) is 4.81. The van der Waals surface area contributed by atoms with Gasteiger partial charge in [0, 0.05) is 24.5 Å². The van der Waals surface area contributed by atoms with Crippen LogP contribution in [0.25, 0.3) is 10.9 Å². The molecule has 1 atom stereocenters. The molecule has 3 heterocycles. The number of anilines is 2. The number of hydrogen-bond donors (Lipinski definition) is 1. The van der Waals surface area contributed by atoms with E-state index in [1.54, 1.807) is 0 Å². The lowest BCUT2D eigenvalue weighted by molar-refractivity contribution is 0.249. The van der Waals surface area contributed by atoms with E-state index in [0.717, 1.165) is 64.9 Å². The number of halogens is 1. The second kappa shape index (κ2) is 9.36. The molecule has 1 saturated heterocycles. The fourth-order valence-electron chi connectivity index (χ4n) is 4.67. The number of alkyl halides is 1. The monoisotopic (exact) mass is 436 g/mol. The molecule has 1 fully saturated rings. The van der Waals surface area contributed by atoms with Gasteiger partial charge in [-0.1, -0.05) is 18.2 Å². The van der Waals surface area contributed by atoms with E-state index in [-0.39, 0.29) is 6.04 Å². The number of piperidine rings is 1. The molecule has 3 aromatic rings. The topological polar surface area (TPSA) is 57.2 Å². The lowest BCUT2D eigenvalue weighted by Crippen LogP contribution is -2.42. The van der Waals surface area contributed by atoms with Crippen molar-refractivity contribution in [1.29, 1.82) is 0 Å². The number of rotatable bonds is 6. The van der Waals surface area contributed by atoms with Gasteiger partial charge in [0.05, 0.1) is 29.1 Å². The van der Waals surface area contributed by atoms with Crippen molar-refractivity contribution in [2.24, 2.45) is 0 Å². The lowest BCUT2D eigenvalue weighted by atomic mass is 9.98. The van der Waals surface area contributed by atoms with Crippen LogP contribution in [0.4, 0.5) is 15.9 Å². The summed E-state index contributed by atoms with van der Waals surface area (Å²) in [5, 5.41) is 13.3. The van der Waals surface area contributed by atoms with Gasteiger partial charge in [0.15, 0.2) is 5.82 Å². The lowest BCUT2D eigenvalue weighted by Gasteiger charge is -2.36. The predicted molar refractivity (Wildman–Crippen MR) is 129 cm³/mol. The van der Waals surface area contributed by atoms with Crippen LogP contribution in [-0.2, 0) is 6.67 Å². The summed E-state index contributed by atoms with van der Waals surface area (Å²) < 4.78 is 13.3. The third kappa shape index (κ3) is 4.39. The highest BCUT2D eigenvalue weighted by molar-refractivity contribution is 5.92. The summed E-state index contributed by atoms with van der Waals surface area (Å²) in [5.41, 5.74) is 5.55. The molecule has 32 heavy (non-hydrogen) atoms. The zero-order valence-corrected chi connectivity index (χ0v) is 19.7. The Morgan fingerprint density at radius 2 is 1.94 bits per heavy atom. The van der Waals surface area contributed by atoms with Crippen molar-refractivity contribution in [2.75, 3.05) is 37.4 Å². The van der Waals surface area contributed by atoms with Crippen molar-refractivity contribution < 1.29 is 4.39 Å². The van der Waals surface area contributed by atoms with E-state index in [9.17, 15) is 4.39 Å². The minimum atomic E-state index is -0.461. The van der Waals surface area contributed by atoms with Gasteiger partial charge in [-0.15, -0.1) is 5.10 Å². The SMILES string of the molecule is Cc1c(CF)cccc1[C@@H](C)Nc1nnc(C)c2ncc(N3CCC(N(C)C)CC3)cc12. The Bertz CT molecular complexity index is 1090. The molecule has 1 aliphatic heterocycles. The maximum atomic E-state index is 13.3. The Hall–Kier alpha value is -2.80. The number of hydrogen-bond acceptors (Lipinski definition) is 6. The van der Waals surface area contributed by atoms with Crippen LogP contribution in [0.5, 0.6) is 0 Å². The molecular weight excluding hydrogens is 403 g/mol. The number of aryl methyl sites for hydroxylation is 1. The second-order valence-electron chi connectivity index (χ2n) is 9.04. The van der Waals surface area contributed by atoms with E-state index >= 15 is 0 Å². The number of benzene rings is 1. The summed E-state index contributed by atoms with van der Waals surface area (Å²) in [6.07, 6.45) is 4.24. The quantitative estimate of drug-likeness (QED) is 0.598. The first-order valence-corrected chi connectivity index (χ1v) is 11.3. The van der Waals surface area contributed by atoms with Crippen LogP contribution in [0.2, 0.25) is 0 Å². The molecular formula is C25H33FN6. The van der Waals surface area contributed by atoms with Crippen molar-refractivity contribution in [2.45, 2.75) is 52.4 Å². The first-order valence-electron chi connectivity index (χ1n) is 11.3. The first-order chi connectivity index (χ1) is 15.4.